The lowest BCUT2D eigenvalue weighted by molar-refractivity contribution is -0.142. The maximum absolute atomic E-state index is 14.2. The van der Waals surface area contributed by atoms with Crippen molar-refractivity contribution in [3.05, 3.63) is 45.2 Å². The normalized spacial score (nSPS) is 11.9. The molecule has 0 unspecified atom stereocenters. The number of pyridine rings is 1. The van der Waals surface area contributed by atoms with Crippen LogP contribution in [0.4, 0.5) is 17.6 Å². The highest BCUT2D eigenvalue weighted by Crippen LogP contribution is 2.33. The molecule has 0 N–H and O–H groups in total. The summed E-state index contributed by atoms with van der Waals surface area (Å²) in [6, 6.07) is 1.37. The molecule has 26 heavy (non-hydrogen) atoms. The van der Waals surface area contributed by atoms with Gasteiger partial charge in [-0.15, -0.1) is 0 Å². The molecule has 142 valence electrons. The monoisotopic (exact) mass is 413 g/mol. The summed E-state index contributed by atoms with van der Waals surface area (Å²) in [5, 5.41) is 5.49. The van der Waals surface area contributed by atoms with Crippen molar-refractivity contribution in [2.75, 3.05) is 14.1 Å². The third kappa shape index (κ3) is 4.08. The van der Waals surface area contributed by atoms with Crippen LogP contribution in [-0.4, -0.2) is 44.8 Å². The molecule has 0 aliphatic rings. The Hall–Kier alpha value is -1.91. The molecule has 0 saturated carbocycles. The summed E-state index contributed by atoms with van der Waals surface area (Å²) in [6.45, 7) is -0.298. The van der Waals surface area contributed by atoms with E-state index in [0.717, 1.165) is 12.1 Å². The predicted octanol–water partition coefficient (Wildman–Crippen LogP) is 3.40. The molecule has 12 heteroatoms. The Kier molecular flexibility index (Phi) is 5.79. The first kappa shape index (κ1) is 20.4. The van der Waals surface area contributed by atoms with E-state index in [2.05, 4.69) is 10.1 Å². The minimum atomic E-state index is -5.00. The van der Waals surface area contributed by atoms with Crippen LogP contribution in [0, 0.1) is 5.95 Å². The van der Waals surface area contributed by atoms with Crippen LogP contribution in [0.5, 0.6) is 0 Å². The topological polar surface area (TPSA) is 54.3 Å². The van der Waals surface area contributed by atoms with Crippen molar-refractivity contribution in [2.24, 2.45) is 7.05 Å². The van der Waals surface area contributed by atoms with Crippen LogP contribution in [0.15, 0.2) is 12.3 Å². The average molecular weight is 414 g/mol. The molecule has 1 amide bonds. The van der Waals surface area contributed by atoms with Gasteiger partial charge in [0.1, 0.15) is 5.56 Å². The van der Waals surface area contributed by atoms with Crippen molar-refractivity contribution < 1.29 is 22.4 Å². The fourth-order valence-electron chi connectivity index (χ4n) is 2.12. The second-order valence-corrected chi connectivity index (χ2v) is 6.27. The zero-order valence-corrected chi connectivity index (χ0v) is 15.3. The smallest absolute Gasteiger partial charge is 0.267 e. The molecule has 0 saturated heterocycles. The predicted molar refractivity (Wildman–Crippen MR) is 86.0 cm³/mol. The van der Waals surface area contributed by atoms with Gasteiger partial charge in [-0.1, -0.05) is 23.2 Å². The molecule has 0 bridgehead atoms. The minimum Gasteiger partial charge on any atom is -0.267 e. The minimum absolute atomic E-state index is 0.111. The number of hydrogen-bond acceptors (Lipinski definition) is 4. The maximum Gasteiger partial charge on any atom is 0.436 e. The van der Waals surface area contributed by atoms with Crippen molar-refractivity contribution in [1.29, 1.82) is 0 Å². The molecule has 0 aliphatic carbocycles. The van der Waals surface area contributed by atoms with Crippen LogP contribution >= 0.6 is 23.2 Å². The van der Waals surface area contributed by atoms with Crippen molar-refractivity contribution in [2.45, 2.75) is 12.7 Å². The Bertz CT molecular complexity index is 837. The fraction of sp³-hybridized carbons (Fsp3) is 0.357. The first-order chi connectivity index (χ1) is 11.9. The molecule has 0 fully saturated rings. The van der Waals surface area contributed by atoms with Crippen LogP contribution in [0.1, 0.15) is 21.7 Å². The van der Waals surface area contributed by atoms with Crippen molar-refractivity contribution in [3.8, 4) is 0 Å². The second kappa shape index (κ2) is 7.37. The molecule has 2 heterocycles. The van der Waals surface area contributed by atoms with Crippen molar-refractivity contribution in [1.82, 2.24) is 24.8 Å². The van der Waals surface area contributed by atoms with E-state index in [-0.39, 0.29) is 22.3 Å². The van der Waals surface area contributed by atoms with Gasteiger partial charge in [-0.05, 0) is 6.07 Å². The summed E-state index contributed by atoms with van der Waals surface area (Å²) < 4.78 is 53.9. The van der Waals surface area contributed by atoms with Crippen LogP contribution in [0.3, 0.4) is 0 Å². The van der Waals surface area contributed by atoms with Gasteiger partial charge < -0.3 is 0 Å². The van der Waals surface area contributed by atoms with E-state index in [0.29, 0.717) is 4.68 Å². The van der Waals surface area contributed by atoms with Gasteiger partial charge in [-0.2, -0.15) is 22.7 Å². The molecule has 0 aromatic carbocycles. The number of alkyl halides is 3. The molecule has 2 aromatic rings. The number of halogens is 6. The summed E-state index contributed by atoms with van der Waals surface area (Å²) in [7, 11) is 3.78. The third-order valence-corrected chi connectivity index (χ3v) is 3.89. The van der Waals surface area contributed by atoms with Crippen molar-refractivity contribution in [3.63, 3.8) is 0 Å². The number of amides is 1. The number of aromatic nitrogens is 3. The van der Waals surface area contributed by atoms with Gasteiger partial charge in [-0.3, -0.25) is 14.8 Å². The van der Waals surface area contributed by atoms with Gasteiger partial charge in [0.2, 0.25) is 5.95 Å². The molecule has 0 radical (unpaired) electrons. The van der Waals surface area contributed by atoms with Crippen molar-refractivity contribution >= 4 is 29.1 Å². The SMILES string of the molecule is CN(C)N(Cc1ncc(Cl)cc1Cl)C(=O)c1c(C(F)(F)F)nn(C)c1F. The fourth-order valence-corrected chi connectivity index (χ4v) is 2.56. The molecule has 0 aliphatic heterocycles. The van der Waals surface area contributed by atoms with E-state index in [9.17, 15) is 22.4 Å². The Morgan fingerprint density at radius 3 is 2.42 bits per heavy atom. The average Bonchev–Trinajstić information content (AvgIpc) is 2.81. The number of carbonyl (C=O) groups excluding carboxylic acids is 1. The summed E-state index contributed by atoms with van der Waals surface area (Å²) in [4.78, 5) is 16.6. The lowest BCUT2D eigenvalue weighted by Crippen LogP contribution is -2.42. The largest absolute Gasteiger partial charge is 0.436 e. The van der Waals surface area contributed by atoms with E-state index in [1.165, 1.54) is 31.4 Å². The molecule has 0 spiro atoms. The number of hydrogen-bond donors (Lipinski definition) is 0. The van der Waals surface area contributed by atoms with Gasteiger partial charge in [0.15, 0.2) is 5.69 Å². The van der Waals surface area contributed by atoms with Crippen LogP contribution in [-0.2, 0) is 19.8 Å². The molecule has 2 aromatic heterocycles. The second-order valence-electron chi connectivity index (χ2n) is 5.43. The number of rotatable bonds is 4. The Morgan fingerprint density at radius 2 is 1.92 bits per heavy atom. The molecular weight excluding hydrogens is 401 g/mol. The third-order valence-electron chi connectivity index (χ3n) is 3.36. The lowest BCUT2D eigenvalue weighted by atomic mass is 10.2. The van der Waals surface area contributed by atoms with Gasteiger partial charge >= 0.3 is 6.18 Å². The van der Waals surface area contributed by atoms with Gasteiger partial charge in [0, 0.05) is 27.3 Å². The highest BCUT2D eigenvalue weighted by atomic mass is 35.5. The Labute approximate surface area is 155 Å². The van der Waals surface area contributed by atoms with Crippen LogP contribution in [0.2, 0.25) is 10.0 Å². The highest BCUT2D eigenvalue weighted by Gasteiger charge is 2.43. The standard InChI is InChI=1S/C14H13Cl2F4N5O/c1-23(2)25(6-9-8(16)4-7(15)5-21-9)13(26)10-11(14(18,19)20)22-24(3)12(10)17/h4-5H,6H2,1-3H3. The Morgan fingerprint density at radius 1 is 1.31 bits per heavy atom. The molecule has 0 atom stereocenters. The van der Waals surface area contributed by atoms with Gasteiger partial charge in [0.05, 0.1) is 22.3 Å². The molecule has 2 rings (SSSR count). The van der Waals surface area contributed by atoms with Gasteiger partial charge in [-0.25, -0.2) is 9.69 Å². The molecule has 6 nitrogen and oxygen atoms in total. The van der Waals surface area contributed by atoms with E-state index in [1.807, 2.05) is 0 Å². The zero-order valence-electron chi connectivity index (χ0n) is 13.8. The maximum atomic E-state index is 14.2. The molecular formula is C14H13Cl2F4N5O. The summed E-state index contributed by atoms with van der Waals surface area (Å²) in [5.41, 5.74) is -2.61. The summed E-state index contributed by atoms with van der Waals surface area (Å²) >= 11 is 11.7. The van der Waals surface area contributed by atoms with Crippen LogP contribution in [0.25, 0.3) is 0 Å². The number of aryl methyl sites for hydroxylation is 1. The summed E-state index contributed by atoms with van der Waals surface area (Å²) in [5.74, 6) is -2.63. The first-order valence-corrected chi connectivity index (χ1v) is 7.77. The lowest BCUT2D eigenvalue weighted by Gasteiger charge is -2.29. The van der Waals surface area contributed by atoms with E-state index in [1.54, 1.807) is 0 Å². The number of hydrazine groups is 1. The highest BCUT2D eigenvalue weighted by molar-refractivity contribution is 6.34. The summed E-state index contributed by atoms with van der Waals surface area (Å²) in [6.07, 6.45) is -3.73. The first-order valence-electron chi connectivity index (χ1n) is 7.02. The quantitative estimate of drug-likeness (QED) is 0.569. The van der Waals surface area contributed by atoms with E-state index < -0.39 is 29.3 Å². The van der Waals surface area contributed by atoms with Gasteiger partial charge in [0.25, 0.3) is 5.91 Å². The number of nitrogens with zero attached hydrogens (tertiary/aromatic N) is 5. The zero-order chi connectivity index (χ0) is 19.8. The van der Waals surface area contributed by atoms with Crippen LogP contribution < -0.4 is 0 Å². The number of carbonyl (C=O) groups is 1. The Balaban J connectivity index is 2.47. The van der Waals surface area contributed by atoms with E-state index in [4.69, 9.17) is 23.2 Å². The van der Waals surface area contributed by atoms with E-state index >= 15 is 0 Å².